The Kier molecular flexibility index (Phi) is 4.58. The molecule has 0 bridgehead atoms. The molecule has 32 heavy (non-hydrogen) atoms. The second-order valence-electron chi connectivity index (χ2n) is 7.15. The van der Waals surface area contributed by atoms with Gasteiger partial charge in [-0.3, -0.25) is 10.4 Å². The van der Waals surface area contributed by atoms with Crippen molar-refractivity contribution in [2.45, 2.75) is 6.42 Å². The summed E-state index contributed by atoms with van der Waals surface area (Å²) in [6.45, 7) is 0. The Morgan fingerprint density at radius 3 is 3.00 bits per heavy atom. The SMILES string of the molecule is COc1ccc2nc(Nc3nc(NC4=Cc5cn[nH]c5C=CC4)c4sccc4n3)sc2c1. The van der Waals surface area contributed by atoms with E-state index in [1.807, 2.05) is 41.9 Å². The number of fused-ring (bicyclic) bond motifs is 3. The van der Waals surface area contributed by atoms with Gasteiger partial charge in [-0.15, -0.1) is 11.3 Å². The van der Waals surface area contributed by atoms with Crippen LogP contribution in [-0.2, 0) is 0 Å². The summed E-state index contributed by atoms with van der Waals surface area (Å²) >= 11 is 3.15. The summed E-state index contributed by atoms with van der Waals surface area (Å²) in [7, 11) is 1.66. The molecule has 10 heteroatoms. The van der Waals surface area contributed by atoms with E-state index in [0.29, 0.717) is 5.95 Å². The van der Waals surface area contributed by atoms with Crippen molar-refractivity contribution in [3.05, 3.63) is 58.9 Å². The molecule has 1 aliphatic carbocycles. The number of allylic oxidation sites excluding steroid dienone is 1. The van der Waals surface area contributed by atoms with E-state index in [1.165, 1.54) is 11.3 Å². The third-order valence-corrected chi connectivity index (χ3v) is 6.89. The van der Waals surface area contributed by atoms with Crippen LogP contribution < -0.4 is 15.4 Å². The first-order chi connectivity index (χ1) is 15.7. The highest BCUT2D eigenvalue weighted by atomic mass is 32.1. The minimum absolute atomic E-state index is 0.498. The van der Waals surface area contributed by atoms with E-state index in [1.54, 1.807) is 18.4 Å². The smallest absolute Gasteiger partial charge is 0.231 e. The first kappa shape index (κ1) is 19.0. The molecule has 0 atom stereocenters. The highest BCUT2D eigenvalue weighted by molar-refractivity contribution is 7.22. The fourth-order valence-electron chi connectivity index (χ4n) is 3.53. The molecule has 0 saturated carbocycles. The third-order valence-electron chi connectivity index (χ3n) is 5.05. The van der Waals surface area contributed by atoms with Crippen LogP contribution in [0.5, 0.6) is 5.75 Å². The third kappa shape index (κ3) is 3.49. The molecule has 1 aromatic carbocycles. The molecule has 8 nitrogen and oxygen atoms in total. The number of hydrogen-bond acceptors (Lipinski definition) is 9. The Morgan fingerprint density at radius 2 is 2.06 bits per heavy atom. The van der Waals surface area contributed by atoms with Gasteiger partial charge in [-0.1, -0.05) is 17.4 Å². The molecule has 0 fully saturated rings. The molecular weight excluding hydrogens is 442 g/mol. The number of hydrogen-bond donors (Lipinski definition) is 3. The summed E-state index contributed by atoms with van der Waals surface area (Å²) in [5.41, 5.74) is 4.86. The summed E-state index contributed by atoms with van der Waals surface area (Å²) in [6, 6.07) is 7.82. The number of aromatic amines is 1. The van der Waals surface area contributed by atoms with Crippen LogP contribution >= 0.6 is 22.7 Å². The zero-order valence-corrected chi connectivity index (χ0v) is 18.5. The molecular formula is C22H17N7OS2. The lowest BCUT2D eigenvalue weighted by Crippen LogP contribution is -2.04. The first-order valence-electron chi connectivity index (χ1n) is 9.89. The summed E-state index contributed by atoms with van der Waals surface area (Å²) in [5.74, 6) is 2.07. The van der Waals surface area contributed by atoms with E-state index in [0.717, 1.165) is 60.5 Å². The monoisotopic (exact) mass is 459 g/mol. The zero-order chi connectivity index (χ0) is 21.5. The predicted octanol–water partition coefficient (Wildman–Crippen LogP) is 5.65. The number of nitrogens with one attached hydrogen (secondary N) is 3. The van der Waals surface area contributed by atoms with Crippen molar-refractivity contribution >= 4 is 72.2 Å². The number of methoxy groups -OCH3 is 1. The van der Waals surface area contributed by atoms with Crippen LogP contribution in [0.3, 0.4) is 0 Å². The van der Waals surface area contributed by atoms with Crippen molar-refractivity contribution in [3.8, 4) is 5.75 Å². The Balaban J connectivity index is 1.34. The molecule has 0 aliphatic heterocycles. The molecule has 0 saturated heterocycles. The van der Waals surface area contributed by atoms with Crippen molar-refractivity contribution in [1.82, 2.24) is 25.1 Å². The molecule has 0 amide bonds. The van der Waals surface area contributed by atoms with Gasteiger partial charge in [-0.2, -0.15) is 10.1 Å². The minimum atomic E-state index is 0.498. The lowest BCUT2D eigenvalue weighted by molar-refractivity contribution is 0.415. The van der Waals surface area contributed by atoms with E-state index >= 15 is 0 Å². The van der Waals surface area contributed by atoms with Gasteiger partial charge in [0.15, 0.2) is 10.9 Å². The van der Waals surface area contributed by atoms with Crippen molar-refractivity contribution < 1.29 is 4.74 Å². The number of rotatable bonds is 5. The standard InChI is InChI=1S/C22H17N7OS2/c1-30-14-5-6-16-18(10-14)32-22(26-16)28-21-25-17-7-8-31-19(17)20(27-21)24-13-3-2-4-15-12(9-13)11-23-29-15/h2,4-11H,3H2,1H3,(H,23,29)(H2,24,25,26,27,28). The average molecular weight is 460 g/mol. The number of thiazole rings is 1. The molecule has 0 radical (unpaired) electrons. The van der Waals surface area contributed by atoms with E-state index in [2.05, 4.69) is 43.0 Å². The zero-order valence-electron chi connectivity index (χ0n) is 16.9. The lowest BCUT2D eigenvalue weighted by atomic mass is 10.2. The summed E-state index contributed by atoms with van der Waals surface area (Å²) < 4.78 is 7.35. The number of nitrogens with zero attached hydrogens (tertiary/aromatic N) is 4. The quantitative estimate of drug-likeness (QED) is 0.312. The molecule has 1 aliphatic rings. The Morgan fingerprint density at radius 1 is 1.09 bits per heavy atom. The maximum atomic E-state index is 5.31. The second kappa shape index (κ2) is 7.74. The van der Waals surface area contributed by atoms with Crippen molar-refractivity contribution in [3.63, 3.8) is 0 Å². The number of H-pyrrole nitrogens is 1. The highest BCUT2D eigenvalue weighted by Gasteiger charge is 2.14. The van der Waals surface area contributed by atoms with Crippen molar-refractivity contribution in [1.29, 1.82) is 0 Å². The van der Waals surface area contributed by atoms with Gasteiger partial charge in [0.1, 0.15) is 5.75 Å². The predicted molar refractivity (Wildman–Crippen MR) is 131 cm³/mol. The minimum Gasteiger partial charge on any atom is -0.497 e. The Bertz CT molecular complexity index is 1510. The number of thiophene rings is 1. The summed E-state index contributed by atoms with van der Waals surface area (Å²) in [5, 5.41) is 16.7. The van der Waals surface area contributed by atoms with Gasteiger partial charge in [0, 0.05) is 17.7 Å². The van der Waals surface area contributed by atoms with Gasteiger partial charge in [-0.25, -0.2) is 9.97 Å². The van der Waals surface area contributed by atoms with Crippen LogP contribution in [0.2, 0.25) is 0 Å². The largest absolute Gasteiger partial charge is 0.497 e. The highest BCUT2D eigenvalue weighted by Crippen LogP contribution is 2.33. The van der Waals surface area contributed by atoms with Gasteiger partial charge >= 0.3 is 0 Å². The second-order valence-corrected chi connectivity index (χ2v) is 9.10. The van der Waals surface area contributed by atoms with Gasteiger partial charge < -0.3 is 10.1 Å². The van der Waals surface area contributed by atoms with Crippen LogP contribution in [-0.4, -0.2) is 32.3 Å². The maximum absolute atomic E-state index is 5.31. The normalized spacial score (nSPS) is 13.1. The van der Waals surface area contributed by atoms with Crippen LogP contribution in [0.25, 0.3) is 32.6 Å². The number of anilines is 3. The van der Waals surface area contributed by atoms with Gasteiger partial charge in [0.25, 0.3) is 0 Å². The van der Waals surface area contributed by atoms with Crippen LogP contribution in [0.15, 0.2) is 47.6 Å². The maximum Gasteiger partial charge on any atom is 0.231 e. The molecule has 6 rings (SSSR count). The first-order valence-corrected chi connectivity index (χ1v) is 11.6. The topological polar surface area (TPSA) is 101 Å². The number of benzene rings is 1. The van der Waals surface area contributed by atoms with Gasteiger partial charge in [0.05, 0.1) is 39.4 Å². The Hall–Kier alpha value is -3.76. The van der Waals surface area contributed by atoms with E-state index in [4.69, 9.17) is 9.72 Å². The lowest BCUT2D eigenvalue weighted by Gasteiger charge is -2.11. The number of ether oxygens (including phenoxy) is 1. The van der Waals surface area contributed by atoms with Crippen LogP contribution in [0, 0.1) is 0 Å². The molecule has 3 N–H and O–H groups in total. The summed E-state index contributed by atoms with van der Waals surface area (Å²) in [6.07, 6.45) is 8.83. The fraction of sp³-hybridized carbons (Fsp3) is 0.0909. The molecule has 4 aromatic heterocycles. The van der Waals surface area contributed by atoms with Crippen LogP contribution in [0.4, 0.5) is 16.9 Å². The van der Waals surface area contributed by atoms with E-state index < -0.39 is 0 Å². The fourth-order valence-corrected chi connectivity index (χ4v) is 5.19. The van der Waals surface area contributed by atoms with E-state index in [9.17, 15) is 0 Å². The Labute approximate surface area is 190 Å². The van der Waals surface area contributed by atoms with E-state index in [-0.39, 0.29) is 0 Å². The molecule has 0 spiro atoms. The van der Waals surface area contributed by atoms with Gasteiger partial charge in [-0.05, 0) is 41.8 Å². The molecule has 0 unspecified atom stereocenters. The average Bonchev–Trinajstić information content (AvgIpc) is 3.51. The number of aromatic nitrogens is 5. The summed E-state index contributed by atoms with van der Waals surface area (Å²) in [4.78, 5) is 14.1. The molecule has 5 aromatic rings. The van der Waals surface area contributed by atoms with Crippen molar-refractivity contribution in [2.24, 2.45) is 0 Å². The van der Waals surface area contributed by atoms with Crippen LogP contribution in [0.1, 0.15) is 17.7 Å². The molecule has 158 valence electrons. The molecule has 4 heterocycles. The van der Waals surface area contributed by atoms with Gasteiger partial charge in [0.2, 0.25) is 5.95 Å². The van der Waals surface area contributed by atoms with Crippen molar-refractivity contribution in [2.75, 3.05) is 17.7 Å².